The van der Waals surface area contributed by atoms with Crippen molar-refractivity contribution in [1.29, 1.82) is 0 Å². The van der Waals surface area contributed by atoms with Crippen LogP contribution in [0.1, 0.15) is 59.8 Å². The van der Waals surface area contributed by atoms with Gasteiger partial charge in [0.05, 0.1) is 18.3 Å². The Morgan fingerprint density at radius 2 is 1.88 bits per heavy atom. The molecule has 3 unspecified atom stereocenters. The van der Waals surface area contributed by atoms with Gasteiger partial charge in [-0.1, -0.05) is 51.2 Å². The molecule has 3 aliphatic rings. The molecule has 1 amide bonds. The molecule has 0 spiro atoms. The van der Waals surface area contributed by atoms with Gasteiger partial charge in [0.15, 0.2) is 12.3 Å². The zero-order chi connectivity index (χ0) is 31.9. The lowest BCUT2D eigenvalue weighted by Gasteiger charge is -2.54. The molecule has 0 aromatic rings. The molecule has 0 aromatic heterocycles. The van der Waals surface area contributed by atoms with Gasteiger partial charge < -0.3 is 44.0 Å². The summed E-state index contributed by atoms with van der Waals surface area (Å²) in [7, 11) is 2.93. The minimum absolute atomic E-state index is 0.00503. The second-order valence-corrected chi connectivity index (χ2v) is 12.0. The number of allylic oxidation sites excluding steroid dienone is 3. The molecule has 12 nitrogen and oxygen atoms in total. The second-order valence-electron chi connectivity index (χ2n) is 12.0. The van der Waals surface area contributed by atoms with E-state index in [9.17, 15) is 19.5 Å². The van der Waals surface area contributed by atoms with Crippen LogP contribution in [0.4, 0.5) is 0 Å². The Morgan fingerprint density at radius 3 is 2.51 bits per heavy atom. The lowest BCUT2D eigenvalue weighted by atomic mass is 9.72. The lowest BCUT2D eigenvalue weighted by molar-refractivity contribution is -0.330. The third-order valence-corrected chi connectivity index (χ3v) is 8.79. The number of nitrogens with one attached hydrogen (secondary N) is 1. The summed E-state index contributed by atoms with van der Waals surface area (Å²) in [6, 6.07) is 0. The summed E-state index contributed by atoms with van der Waals surface area (Å²) in [4.78, 5) is 36.9. The maximum Gasteiger partial charge on any atom is 0.328 e. The largest absolute Gasteiger partial charge is 0.478 e. The number of methoxy groups -OCH3 is 2. The molecular weight excluding hydrogens is 562 g/mol. The molecule has 0 saturated carbocycles. The van der Waals surface area contributed by atoms with Crippen LogP contribution in [0.5, 0.6) is 0 Å². The lowest BCUT2D eigenvalue weighted by Crippen LogP contribution is -2.69. The van der Waals surface area contributed by atoms with Gasteiger partial charge in [-0.05, 0) is 19.8 Å². The number of rotatable bonds is 13. The number of unbranched alkanes of at least 4 members (excludes halogenated alkanes) is 1. The molecule has 0 aliphatic carbocycles. The highest BCUT2D eigenvalue weighted by molar-refractivity contribution is 5.82. The second kappa shape index (κ2) is 15.0. The third-order valence-electron chi connectivity index (χ3n) is 8.79. The van der Waals surface area contributed by atoms with E-state index in [0.717, 1.165) is 11.6 Å². The first-order chi connectivity index (χ1) is 20.3. The molecule has 3 aliphatic heterocycles. The smallest absolute Gasteiger partial charge is 0.328 e. The number of aliphatic carboxylic acids is 1. The van der Waals surface area contributed by atoms with Crippen molar-refractivity contribution in [3.05, 3.63) is 36.5 Å². The highest BCUT2D eigenvalue weighted by Gasteiger charge is 2.57. The Hall–Kier alpha value is -2.45. The number of carboxylic acid groups (broad SMARTS) is 1. The molecule has 3 fully saturated rings. The average molecular weight is 610 g/mol. The molecule has 3 saturated heterocycles. The average Bonchev–Trinajstić information content (AvgIpc) is 2.95. The summed E-state index contributed by atoms with van der Waals surface area (Å²) in [5.41, 5.74) is 0.177. The first-order valence-corrected chi connectivity index (χ1v) is 14.7. The molecule has 43 heavy (non-hydrogen) atoms. The number of aliphatic hydroxyl groups excluding tert-OH is 1. The van der Waals surface area contributed by atoms with Crippen molar-refractivity contribution >= 4 is 17.7 Å². The minimum Gasteiger partial charge on any atom is -0.478 e. The number of fused-ring (bicyclic) bond motifs is 1. The molecule has 242 valence electrons. The monoisotopic (exact) mass is 609 g/mol. The number of carbonyl (C=O) groups is 3. The molecule has 0 aromatic carbocycles. The van der Waals surface area contributed by atoms with Crippen LogP contribution in [-0.2, 0) is 42.8 Å². The number of amides is 1. The van der Waals surface area contributed by atoms with Gasteiger partial charge >= 0.3 is 5.97 Å². The van der Waals surface area contributed by atoms with Crippen LogP contribution in [0.2, 0.25) is 0 Å². The summed E-state index contributed by atoms with van der Waals surface area (Å²) in [6.07, 6.45) is 2.15. The van der Waals surface area contributed by atoms with E-state index in [1.807, 2.05) is 27.7 Å². The van der Waals surface area contributed by atoms with Gasteiger partial charge in [0, 0.05) is 50.9 Å². The van der Waals surface area contributed by atoms with E-state index in [1.165, 1.54) is 13.2 Å². The van der Waals surface area contributed by atoms with Crippen molar-refractivity contribution in [2.45, 2.75) is 108 Å². The van der Waals surface area contributed by atoms with Gasteiger partial charge in [0.2, 0.25) is 5.79 Å². The van der Waals surface area contributed by atoms with Gasteiger partial charge in [-0.15, -0.1) is 0 Å². The van der Waals surface area contributed by atoms with Crippen molar-refractivity contribution in [1.82, 2.24) is 5.32 Å². The van der Waals surface area contributed by atoms with E-state index < -0.39 is 59.8 Å². The standard InChI is InChI=1S/C31H47NO11/c1-18-16-31(39-7,43-20(3)19(18)2)26(36)28(37)32-29-25-24(40-17-41-29)27(38-6)30(4,5)22(42-25)15-21(33)13-11-9-8-10-12-14-23(34)35/h8,10,12,14,19-20,22,24-27,29,36H,1,9,11,13,15-17H2,2-7H3,(H,32,37)(H,34,35)/b10-8+,14-12+/t19-,20-,22-,24?,25?,26-,27-,29?,31-/m1/s1. The summed E-state index contributed by atoms with van der Waals surface area (Å²) >= 11 is 0. The zero-order valence-corrected chi connectivity index (χ0v) is 25.9. The van der Waals surface area contributed by atoms with E-state index >= 15 is 0 Å². The van der Waals surface area contributed by atoms with E-state index in [2.05, 4.69) is 11.9 Å². The predicted octanol–water partition coefficient (Wildman–Crippen LogP) is 2.64. The van der Waals surface area contributed by atoms with Crippen LogP contribution in [-0.4, -0.2) is 97.5 Å². The molecular formula is C31H47NO11. The number of hydrogen-bond acceptors (Lipinski definition) is 10. The first kappa shape index (κ1) is 35.0. The van der Waals surface area contributed by atoms with Gasteiger partial charge in [-0.25, -0.2) is 4.79 Å². The highest BCUT2D eigenvalue weighted by atomic mass is 16.7. The fraction of sp³-hybridized carbons (Fsp3) is 0.710. The Bertz CT molecular complexity index is 1070. The first-order valence-electron chi connectivity index (χ1n) is 14.7. The summed E-state index contributed by atoms with van der Waals surface area (Å²) in [6.45, 7) is 11.6. The maximum absolute atomic E-state index is 13.4. The normalized spacial score (nSPS) is 35.0. The SMILES string of the molecule is C=C1C[C@](OC)([C@H](O)C(=O)NC2OCOC3C2O[C@H](CC(=O)CCC/C=C/C=C/C(=O)O)C(C)(C)[C@@H]3OC)O[C@H](C)[C@@H]1C. The molecule has 0 bridgehead atoms. The van der Waals surface area contributed by atoms with Crippen LogP contribution in [0.3, 0.4) is 0 Å². The minimum atomic E-state index is -1.70. The van der Waals surface area contributed by atoms with E-state index in [1.54, 1.807) is 19.3 Å². The summed E-state index contributed by atoms with van der Waals surface area (Å²) < 4.78 is 35.5. The topological polar surface area (TPSA) is 159 Å². The molecule has 9 atom stereocenters. The Kier molecular flexibility index (Phi) is 12.2. The van der Waals surface area contributed by atoms with Gasteiger partial charge in [0.1, 0.15) is 24.8 Å². The van der Waals surface area contributed by atoms with Crippen LogP contribution >= 0.6 is 0 Å². The van der Waals surface area contributed by atoms with Crippen LogP contribution < -0.4 is 5.32 Å². The van der Waals surface area contributed by atoms with Gasteiger partial charge in [-0.2, -0.15) is 0 Å². The van der Waals surface area contributed by atoms with E-state index in [0.29, 0.717) is 19.3 Å². The maximum atomic E-state index is 13.4. The number of Topliss-reactive ketones (excluding diaryl/α,β-unsaturated/α-hetero) is 1. The van der Waals surface area contributed by atoms with Gasteiger partial charge in [0.25, 0.3) is 5.91 Å². The molecule has 3 rings (SSSR count). The Balaban J connectivity index is 1.68. The van der Waals surface area contributed by atoms with Crippen molar-refractivity contribution in [2.75, 3.05) is 21.0 Å². The van der Waals surface area contributed by atoms with E-state index in [4.69, 9.17) is 33.5 Å². The molecule has 3 N–H and O–H groups in total. The number of carboxylic acids is 1. The quantitative estimate of drug-likeness (QED) is 0.122. The van der Waals surface area contributed by atoms with Gasteiger partial charge in [-0.3, -0.25) is 9.59 Å². The van der Waals surface area contributed by atoms with E-state index in [-0.39, 0.29) is 37.4 Å². The predicted molar refractivity (Wildman–Crippen MR) is 155 cm³/mol. The van der Waals surface area contributed by atoms with Crippen molar-refractivity contribution in [3.63, 3.8) is 0 Å². The van der Waals surface area contributed by atoms with Crippen LogP contribution in [0, 0.1) is 11.3 Å². The fourth-order valence-electron chi connectivity index (χ4n) is 5.92. The summed E-state index contributed by atoms with van der Waals surface area (Å²) in [5, 5.41) is 22.5. The Morgan fingerprint density at radius 1 is 1.16 bits per heavy atom. The van der Waals surface area contributed by atoms with Crippen LogP contribution in [0.25, 0.3) is 0 Å². The number of aliphatic hydroxyl groups is 1. The number of hydrogen-bond donors (Lipinski definition) is 3. The third kappa shape index (κ3) is 8.18. The highest BCUT2D eigenvalue weighted by Crippen LogP contribution is 2.43. The molecule has 12 heteroatoms. The van der Waals surface area contributed by atoms with Crippen molar-refractivity contribution in [3.8, 4) is 0 Å². The molecule has 0 radical (unpaired) electrons. The van der Waals surface area contributed by atoms with Crippen LogP contribution in [0.15, 0.2) is 36.5 Å². The zero-order valence-electron chi connectivity index (χ0n) is 25.9. The Labute approximate surface area is 253 Å². The van der Waals surface area contributed by atoms with Crippen molar-refractivity contribution in [2.24, 2.45) is 11.3 Å². The number of carbonyl (C=O) groups excluding carboxylic acids is 2. The molecule has 3 heterocycles. The van der Waals surface area contributed by atoms with Crippen molar-refractivity contribution < 1.29 is 53.0 Å². The number of ether oxygens (including phenoxy) is 6. The number of ketones is 1. The summed E-state index contributed by atoms with van der Waals surface area (Å²) in [5.74, 6) is -3.39. The fourth-order valence-corrected chi connectivity index (χ4v) is 5.92.